The number of ether oxygens (including phenoxy) is 4. The Labute approximate surface area is 135 Å². The Bertz CT molecular complexity index is 552. The number of hydrogen-bond donors (Lipinski definition) is 0. The number of hydrogen-bond acceptors (Lipinski definition) is 8. The molecule has 0 radical (unpaired) electrons. The van der Waals surface area contributed by atoms with Crippen LogP contribution in [-0.4, -0.2) is 54.0 Å². The molecule has 0 aliphatic rings. The summed E-state index contributed by atoms with van der Waals surface area (Å²) in [4.78, 5) is 12.4. The molecule has 8 nitrogen and oxygen atoms in total. The second kappa shape index (κ2) is 9.64. The van der Waals surface area contributed by atoms with Crippen LogP contribution >= 0.6 is 7.60 Å². The number of rotatable bonds is 11. The molecule has 0 bridgehead atoms. The van der Waals surface area contributed by atoms with Crippen molar-refractivity contribution < 1.29 is 37.4 Å². The molecular weight excluding hydrogens is 327 g/mol. The van der Waals surface area contributed by atoms with Gasteiger partial charge in [-0.3, -0.25) is 9.36 Å². The predicted molar refractivity (Wildman–Crippen MR) is 82.3 cm³/mol. The Kier molecular flexibility index (Phi) is 8.22. The van der Waals surface area contributed by atoms with Crippen LogP contribution < -0.4 is 9.47 Å². The molecule has 0 amide bonds. The third-order valence-corrected chi connectivity index (χ3v) is 4.61. The minimum atomic E-state index is -3.47. The molecule has 9 heteroatoms. The van der Waals surface area contributed by atoms with Gasteiger partial charge in [0.1, 0.15) is 17.7 Å². The first-order valence-corrected chi connectivity index (χ1v) is 8.33. The van der Waals surface area contributed by atoms with E-state index in [0.29, 0.717) is 5.75 Å². The fraction of sp³-hybridized carbons (Fsp3) is 0.500. The number of carbonyl (C=O) groups is 1. The van der Waals surface area contributed by atoms with E-state index < -0.39 is 19.5 Å². The van der Waals surface area contributed by atoms with Crippen LogP contribution in [0, 0.1) is 0 Å². The molecule has 130 valence electrons. The van der Waals surface area contributed by atoms with Crippen LogP contribution in [0.3, 0.4) is 0 Å². The molecule has 0 saturated heterocycles. The van der Waals surface area contributed by atoms with Gasteiger partial charge in [0.05, 0.1) is 5.56 Å². The molecule has 0 fully saturated rings. The molecule has 0 aliphatic heterocycles. The Morgan fingerprint density at radius 3 is 2.17 bits per heavy atom. The Morgan fingerprint density at radius 2 is 1.61 bits per heavy atom. The second-order valence-corrected chi connectivity index (χ2v) is 6.59. The minimum absolute atomic E-state index is 0.0551. The summed E-state index contributed by atoms with van der Waals surface area (Å²) in [5.74, 6) is 0.252. The molecule has 1 aromatic rings. The second-order valence-electron chi connectivity index (χ2n) is 4.32. The van der Waals surface area contributed by atoms with Gasteiger partial charge in [-0.2, -0.15) is 0 Å². The fourth-order valence-corrected chi connectivity index (χ4v) is 2.59. The van der Waals surface area contributed by atoms with Gasteiger partial charge in [0.25, 0.3) is 0 Å². The molecule has 0 saturated carbocycles. The first-order valence-electron chi connectivity index (χ1n) is 6.61. The molecule has 0 unspecified atom stereocenters. The first kappa shape index (κ1) is 19.6. The van der Waals surface area contributed by atoms with E-state index in [4.69, 9.17) is 28.0 Å². The molecule has 0 heterocycles. The van der Waals surface area contributed by atoms with Gasteiger partial charge in [0, 0.05) is 34.5 Å². The number of carbonyl (C=O) groups excluding carboxylic acids is 1. The highest BCUT2D eigenvalue weighted by molar-refractivity contribution is 7.54. The van der Waals surface area contributed by atoms with Crippen molar-refractivity contribution in [1.29, 1.82) is 0 Å². The monoisotopic (exact) mass is 348 g/mol. The van der Waals surface area contributed by atoms with Gasteiger partial charge in [-0.25, -0.2) is 0 Å². The zero-order chi connectivity index (χ0) is 17.3. The van der Waals surface area contributed by atoms with Crippen LogP contribution in [-0.2, 0) is 23.1 Å². The molecule has 0 N–H and O–H groups in total. The number of methoxy groups -OCH3 is 2. The molecule has 0 spiro atoms. The maximum atomic E-state index is 12.4. The summed E-state index contributed by atoms with van der Waals surface area (Å²) in [7, 11) is 1.93. The summed E-state index contributed by atoms with van der Waals surface area (Å²) in [6.07, 6.45) is -0.401. The van der Waals surface area contributed by atoms with Gasteiger partial charge in [0.2, 0.25) is 0 Å². The third-order valence-electron chi connectivity index (χ3n) is 2.82. The third kappa shape index (κ3) is 5.93. The lowest BCUT2D eigenvalue weighted by Gasteiger charge is -2.15. The van der Waals surface area contributed by atoms with Crippen LogP contribution in [0.5, 0.6) is 11.5 Å². The van der Waals surface area contributed by atoms with Crippen LogP contribution in [0.25, 0.3) is 0 Å². The highest BCUT2D eigenvalue weighted by atomic mass is 31.2. The van der Waals surface area contributed by atoms with Crippen LogP contribution in [0.15, 0.2) is 18.2 Å². The van der Waals surface area contributed by atoms with Crippen molar-refractivity contribution in [3.63, 3.8) is 0 Å². The minimum Gasteiger partial charge on any atom is -0.467 e. The van der Waals surface area contributed by atoms with E-state index in [0.717, 1.165) is 0 Å². The van der Waals surface area contributed by atoms with Crippen molar-refractivity contribution >= 4 is 13.4 Å². The van der Waals surface area contributed by atoms with Gasteiger partial charge < -0.3 is 28.0 Å². The van der Waals surface area contributed by atoms with Crippen molar-refractivity contribution in [2.24, 2.45) is 0 Å². The molecular formula is C14H21O8P. The average Bonchev–Trinajstić information content (AvgIpc) is 2.57. The van der Waals surface area contributed by atoms with Crippen molar-refractivity contribution in [2.75, 3.05) is 48.2 Å². The lowest BCUT2D eigenvalue weighted by atomic mass is 10.1. The number of benzene rings is 1. The Balaban J connectivity index is 3.02. The summed E-state index contributed by atoms with van der Waals surface area (Å²) in [6, 6.07) is 4.61. The number of Topliss-reactive ketones (excluding diaryl/α,β-unsaturated/α-hetero) is 1. The van der Waals surface area contributed by atoms with Crippen LogP contribution in [0.1, 0.15) is 10.4 Å². The normalized spacial score (nSPS) is 11.3. The average molecular weight is 348 g/mol. The summed E-state index contributed by atoms with van der Waals surface area (Å²) >= 11 is 0. The standard InChI is InChI=1S/C14H21O8P/c1-17-9-21-11-5-6-12(14(7-11)22-10-18-2)13(15)8-23(16,19-3)20-4/h5-7H,8-10H2,1-4H3. The van der Waals surface area contributed by atoms with Gasteiger partial charge in [-0.1, -0.05) is 0 Å². The molecule has 1 rings (SSSR count). The van der Waals surface area contributed by atoms with Crippen molar-refractivity contribution in [2.45, 2.75) is 0 Å². The maximum absolute atomic E-state index is 12.4. The van der Waals surface area contributed by atoms with Crippen molar-refractivity contribution in [3.8, 4) is 11.5 Å². The molecule has 0 aromatic heterocycles. The quantitative estimate of drug-likeness (QED) is 0.342. The van der Waals surface area contributed by atoms with Gasteiger partial charge in [0.15, 0.2) is 19.4 Å². The lowest BCUT2D eigenvalue weighted by molar-refractivity contribution is 0.0456. The molecule has 1 aromatic carbocycles. The maximum Gasteiger partial charge on any atom is 0.337 e. The smallest absolute Gasteiger partial charge is 0.337 e. The van der Waals surface area contributed by atoms with E-state index in [1.807, 2.05) is 0 Å². The predicted octanol–water partition coefficient (Wildman–Crippen LogP) is 2.32. The zero-order valence-corrected chi connectivity index (χ0v) is 14.5. The van der Waals surface area contributed by atoms with Crippen LogP contribution in [0.4, 0.5) is 0 Å². The molecule has 23 heavy (non-hydrogen) atoms. The van der Waals surface area contributed by atoms with E-state index in [1.165, 1.54) is 40.6 Å². The van der Waals surface area contributed by atoms with E-state index in [2.05, 4.69) is 0 Å². The highest BCUT2D eigenvalue weighted by Crippen LogP contribution is 2.47. The largest absolute Gasteiger partial charge is 0.467 e. The number of ketones is 1. The molecule has 0 atom stereocenters. The van der Waals surface area contributed by atoms with Gasteiger partial charge in [-0.15, -0.1) is 0 Å². The summed E-state index contributed by atoms with van der Waals surface area (Å²) in [5, 5.41) is 0. The van der Waals surface area contributed by atoms with Gasteiger partial charge in [-0.05, 0) is 12.1 Å². The van der Waals surface area contributed by atoms with Gasteiger partial charge >= 0.3 is 7.60 Å². The lowest BCUT2D eigenvalue weighted by Crippen LogP contribution is -2.12. The topological polar surface area (TPSA) is 89.5 Å². The summed E-state index contributed by atoms with van der Waals surface area (Å²) < 4.78 is 42.0. The van der Waals surface area contributed by atoms with E-state index in [-0.39, 0.29) is 24.9 Å². The van der Waals surface area contributed by atoms with Crippen LogP contribution in [0.2, 0.25) is 0 Å². The Hall–Kier alpha value is -1.44. The molecule has 0 aliphatic carbocycles. The van der Waals surface area contributed by atoms with E-state index in [1.54, 1.807) is 6.07 Å². The van der Waals surface area contributed by atoms with E-state index >= 15 is 0 Å². The van der Waals surface area contributed by atoms with Crippen molar-refractivity contribution in [1.82, 2.24) is 0 Å². The van der Waals surface area contributed by atoms with E-state index in [9.17, 15) is 9.36 Å². The SMILES string of the molecule is COCOc1ccc(C(=O)CP(=O)(OC)OC)c(OCOC)c1. The summed E-state index contributed by atoms with van der Waals surface area (Å²) in [6.45, 7) is -0.000209. The Morgan fingerprint density at radius 1 is 1.00 bits per heavy atom. The van der Waals surface area contributed by atoms with Crippen molar-refractivity contribution in [3.05, 3.63) is 23.8 Å². The fourth-order valence-electron chi connectivity index (χ4n) is 1.66. The first-order chi connectivity index (χ1) is 11.0. The highest BCUT2D eigenvalue weighted by Gasteiger charge is 2.28. The summed E-state index contributed by atoms with van der Waals surface area (Å²) in [5.41, 5.74) is 0.223. The zero-order valence-electron chi connectivity index (χ0n) is 13.6.